The fraction of sp³-hybridized carbons (Fsp3) is 0.560. The Balaban J connectivity index is 1.50. The van der Waals surface area contributed by atoms with Crippen LogP contribution >= 0.6 is 0 Å². The second kappa shape index (κ2) is 10.2. The van der Waals surface area contributed by atoms with E-state index in [0.29, 0.717) is 39.1 Å². The molecule has 1 aliphatic heterocycles. The minimum atomic E-state index is -0.545. The number of rotatable bonds is 7. The van der Waals surface area contributed by atoms with Crippen LogP contribution in [0, 0.1) is 5.82 Å². The maximum Gasteiger partial charge on any atom is 0.231 e. The van der Waals surface area contributed by atoms with E-state index < -0.39 is 17.8 Å². The van der Waals surface area contributed by atoms with Crippen molar-refractivity contribution in [3.63, 3.8) is 0 Å². The van der Waals surface area contributed by atoms with E-state index in [-0.39, 0.29) is 23.6 Å². The first-order valence-electron chi connectivity index (χ1n) is 11.9. The van der Waals surface area contributed by atoms with E-state index in [4.69, 9.17) is 4.74 Å². The lowest BCUT2D eigenvalue weighted by molar-refractivity contribution is -0.133. The van der Waals surface area contributed by atoms with Crippen LogP contribution in [0.5, 0.6) is 5.75 Å². The molecule has 0 bridgehead atoms. The van der Waals surface area contributed by atoms with Crippen molar-refractivity contribution in [2.24, 2.45) is 0 Å². The molecule has 0 unspecified atom stereocenters. The molecule has 1 aromatic carbocycles. The number of nitrogens with zero attached hydrogens (tertiary/aromatic N) is 4. The smallest absolute Gasteiger partial charge is 0.231 e. The van der Waals surface area contributed by atoms with Gasteiger partial charge in [0.2, 0.25) is 5.91 Å². The lowest BCUT2D eigenvalue weighted by Gasteiger charge is -2.38. The topological polar surface area (TPSA) is 90.8 Å². The predicted octanol–water partition coefficient (Wildman–Crippen LogP) is 2.60. The van der Waals surface area contributed by atoms with Gasteiger partial charge in [-0.2, -0.15) is 0 Å². The zero-order valence-corrected chi connectivity index (χ0v) is 20.3. The van der Waals surface area contributed by atoms with Gasteiger partial charge in [0.15, 0.2) is 11.6 Å². The fourth-order valence-corrected chi connectivity index (χ4v) is 4.91. The average Bonchev–Trinajstić information content (AvgIpc) is 3.13. The average molecular weight is 472 g/mol. The largest absolute Gasteiger partial charge is 0.494 e. The zero-order valence-electron chi connectivity index (χ0n) is 20.3. The summed E-state index contributed by atoms with van der Waals surface area (Å²) in [7, 11) is 1.42. The first kappa shape index (κ1) is 24.3. The summed E-state index contributed by atoms with van der Waals surface area (Å²) in [4.78, 5) is 26.5. The van der Waals surface area contributed by atoms with Gasteiger partial charge in [-0.15, -0.1) is 0 Å². The van der Waals surface area contributed by atoms with Gasteiger partial charge in [0.25, 0.3) is 0 Å². The lowest BCUT2D eigenvalue weighted by Crippen LogP contribution is -2.51. The number of hydrogen-bond acceptors (Lipinski definition) is 7. The van der Waals surface area contributed by atoms with Crippen molar-refractivity contribution in [2.75, 3.05) is 44.7 Å². The van der Waals surface area contributed by atoms with Crippen LogP contribution in [0.2, 0.25) is 0 Å². The van der Waals surface area contributed by atoms with E-state index in [1.165, 1.54) is 19.5 Å². The Hall–Kier alpha value is -2.78. The minimum Gasteiger partial charge on any atom is -0.494 e. The van der Waals surface area contributed by atoms with Crippen LogP contribution in [0.25, 0.3) is 0 Å². The van der Waals surface area contributed by atoms with Crippen molar-refractivity contribution < 1.29 is 19.0 Å². The molecular weight excluding hydrogens is 437 g/mol. The molecule has 2 aromatic rings. The summed E-state index contributed by atoms with van der Waals surface area (Å²) in [6.45, 7) is 9.03. The van der Waals surface area contributed by atoms with Gasteiger partial charge in [-0.05, 0) is 30.0 Å². The number of carbonyl (C=O) groups excluding carboxylic acids is 1. The van der Waals surface area contributed by atoms with Gasteiger partial charge in [0.05, 0.1) is 24.8 Å². The third kappa shape index (κ3) is 4.86. The second-order valence-corrected chi connectivity index (χ2v) is 9.47. The monoisotopic (exact) mass is 471 g/mol. The van der Waals surface area contributed by atoms with Crippen molar-refractivity contribution >= 4 is 11.7 Å². The Morgan fingerprint density at radius 1 is 1.26 bits per heavy atom. The van der Waals surface area contributed by atoms with Crippen LogP contribution in [0.4, 0.5) is 10.2 Å². The van der Waals surface area contributed by atoms with Crippen molar-refractivity contribution in [2.45, 2.75) is 51.2 Å². The van der Waals surface area contributed by atoms with E-state index in [1.807, 2.05) is 18.7 Å². The molecular formula is C25H34FN5O3. The maximum absolute atomic E-state index is 14.0. The standard InChI is InChI=1S/C25H34FN5O3/c1-15(2)27-13-18(17-5-6-19(26)21(12-17)34-4)25(33)31-9-7-30(8-10-31)24-22-16(3)11-20(32)23(22)28-14-29-24/h5-6,12,14-16,18,20,27,32H,7-11,13H2,1-4H3/t16-,18-,20-/m1/s1. The van der Waals surface area contributed by atoms with Gasteiger partial charge in [-0.25, -0.2) is 14.4 Å². The Morgan fingerprint density at radius 2 is 2.00 bits per heavy atom. The quantitative estimate of drug-likeness (QED) is 0.641. The molecule has 1 aromatic heterocycles. The number of carbonyl (C=O) groups is 1. The van der Waals surface area contributed by atoms with E-state index in [2.05, 4.69) is 27.1 Å². The summed E-state index contributed by atoms with van der Waals surface area (Å²) in [5, 5.41) is 13.7. The number of aromatic nitrogens is 2. The van der Waals surface area contributed by atoms with Crippen LogP contribution in [-0.4, -0.2) is 71.8 Å². The maximum atomic E-state index is 14.0. The predicted molar refractivity (Wildman–Crippen MR) is 128 cm³/mol. The van der Waals surface area contributed by atoms with Crippen LogP contribution in [0.3, 0.4) is 0 Å². The molecule has 8 nitrogen and oxygen atoms in total. The number of aliphatic hydroxyl groups excluding tert-OH is 1. The highest BCUT2D eigenvalue weighted by molar-refractivity contribution is 5.84. The Labute approximate surface area is 200 Å². The summed E-state index contributed by atoms with van der Waals surface area (Å²) in [6.07, 6.45) is 1.63. The van der Waals surface area contributed by atoms with E-state index >= 15 is 0 Å². The number of halogens is 1. The van der Waals surface area contributed by atoms with Crippen LogP contribution in [-0.2, 0) is 4.79 Å². The van der Waals surface area contributed by atoms with Gasteiger partial charge >= 0.3 is 0 Å². The highest BCUT2D eigenvalue weighted by atomic mass is 19.1. The van der Waals surface area contributed by atoms with Crippen molar-refractivity contribution in [3.8, 4) is 5.75 Å². The zero-order chi connectivity index (χ0) is 24.4. The number of ether oxygens (including phenoxy) is 1. The van der Waals surface area contributed by atoms with Gasteiger partial charge in [0.1, 0.15) is 12.1 Å². The first-order valence-corrected chi connectivity index (χ1v) is 11.9. The molecule has 1 aliphatic carbocycles. The van der Waals surface area contributed by atoms with Gasteiger partial charge < -0.3 is 25.0 Å². The number of piperazine rings is 1. The third-order valence-electron chi connectivity index (χ3n) is 6.78. The summed E-state index contributed by atoms with van der Waals surface area (Å²) < 4.78 is 19.1. The Bertz CT molecular complexity index is 1030. The molecule has 3 atom stereocenters. The number of hydrogen-bond donors (Lipinski definition) is 2. The number of nitrogens with one attached hydrogen (secondary N) is 1. The Kier molecular flexibility index (Phi) is 7.33. The van der Waals surface area contributed by atoms with E-state index in [0.717, 1.165) is 22.6 Å². The van der Waals surface area contributed by atoms with Gasteiger partial charge in [0, 0.05) is 44.3 Å². The number of fused-ring (bicyclic) bond motifs is 1. The summed E-state index contributed by atoms with van der Waals surface area (Å²) in [5.41, 5.74) is 2.48. The molecule has 2 heterocycles. The fourth-order valence-electron chi connectivity index (χ4n) is 4.91. The summed E-state index contributed by atoms with van der Waals surface area (Å²) in [6, 6.07) is 4.85. The highest BCUT2D eigenvalue weighted by Gasteiger charge is 2.35. The molecule has 4 rings (SSSR count). The molecule has 1 amide bonds. The second-order valence-electron chi connectivity index (χ2n) is 9.47. The molecule has 9 heteroatoms. The molecule has 34 heavy (non-hydrogen) atoms. The number of amides is 1. The van der Waals surface area contributed by atoms with Crippen LogP contribution in [0.15, 0.2) is 24.5 Å². The summed E-state index contributed by atoms with van der Waals surface area (Å²) in [5.74, 6) is 0.321. The highest BCUT2D eigenvalue weighted by Crippen LogP contribution is 2.42. The van der Waals surface area contributed by atoms with Gasteiger partial charge in [-0.3, -0.25) is 4.79 Å². The molecule has 1 fully saturated rings. The number of aliphatic hydroxyl groups is 1. The molecule has 1 saturated heterocycles. The number of methoxy groups -OCH3 is 1. The van der Waals surface area contributed by atoms with Crippen molar-refractivity contribution in [1.82, 2.24) is 20.2 Å². The van der Waals surface area contributed by atoms with Crippen LogP contribution < -0.4 is 15.0 Å². The van der Waals surface area contributed by atoms with Crippen molar-refractivity contribution in [3.05, 3.63) is 47.2 Å². The minimum absolute atomic E-state index is 0.0122. The Morgan fingerprint density at radius 3 is 2.68 bits per heavy atom. The molecule has 0 spiro atoms. The molecule has 2 N–H and O–H groups in total. The molecule has 0 radical (unpaired) electrons. The molecule has 2 aliphatic rings. The van der Waals surface area contributed by atoms with Crippen molar-refractivity contribution in [1.29, 1.82) is 0 Å². The summed E-state index contributed by atoms with van der Waals surface area (Å²) >= 11 is 0. The van der Waals surface area contributed by atoms with E-state index in [9.17, 15) is 14.3 Å². The number of anilines is 1. The normalized spacial score (nSPS) is 21.0. The van der Waals surface area contributed by atoms with Crippen LogP contribution in [0.1, 0.15) is 62.0 Å². The first-order chi connectivity index (χ1) is 16.3. The molecule has 184 valence electrons. The van der Waals surface area contributed by atoms with Gasteiger partial charge in [-0.1, -0.05) is 26.8 Å². The SMILES string of the molecule is COc1cc([C@@H](CNC(C)C)C(=O)N2CCN(c3ncnc4c3[C@H](C)C[C@H]4O)CC2)ccc1F. The van der Waals surface area contributed by atoms with E-state index in [1.54, 1.807) is 12.1 Å². The lowest BCUT2D eigenvalue weighted by atomic mass is 9.96. The number of benzene rings is 1. The molecule has 0 saturated carbocycles. The third-order valence-corrected chi connectivity index (χ3v) is 6.78.